The Morgan fingerprint density at radius 3 is 2.73 bits per heavy atom. The molecule has 0 unspecified atom stereocenters. The van der Waals surface area contributed by atoms with Crippen LogP contribution in [0.25, 0.3) is 11.3 Å². The van der Waals surface area contributed by atoms with Crippen molar-refractivity contribution in [2.24, 2.45) is 4.99 Å². The monoisotopic (exact) mass is 419 g/mol. The van der Waals surface area contributed by atoms with Gasteiger partial charge in [-0.1, -0.05) is 31.9 Å². The number of fused-ring (bicyclic) bond motifs is 1. The van der Waals surface area contributed by atoms with Crippen molar-refractivity contribution in [2.45, 2.75) is 45.1 Å². The van der Waals surface area contributed by atoms with Gasteiger partial charge < -0.3 is 14.6 Å². The fourth-order valence-corrected chi connectivity index (χ4v) is 5.27. The van der Waals surface area contributed by atoms with Crippen molar-refractivity contribution in [2.75, 3.05) is 11.9 Å². The molecule has 1 amide bonds. The molecular weight excluding hydrogens is 394 g/mol. The average molecular weight is 420 g/mol. The molecule has 6 heteroatoms. The van der Waals surface area contributed by atoms with Gasteiger partial charge in [0, 0.05) is 17.0 Å². The fraction of sp³-hybridized carbons (Fsp3) is 0.333. The maximum atomic E-state index is 11.7. The number of amides is 1. The third kappa shape index (κ3) is 3.67. The molecule has 154 valence electrons. The van der Waals surface area contributed by atoms with Gasteiger partial charge in [0.1, 0.15) is 5.75 Å². The summed E-state index contributed by atoms with van der Waals surface area (Å²) in [4.78, 5) is 17.8. The lowest BCUT2D eigenvalue weighted by atomic mass is 10.1. The van der Waals surface area contributed by atoms with E-state index in [9.17, 15) is 4.79 Å². The molecule has 1 aliphatic heterocycles. The van der Waals surface area contributed by atoms with Crippen LogP contribution in [0, 0.1) is 0 Å². The molecule has 5 nitrogen and oxygen atoms in total. The topological polar surface area (TPSA) is 55.6 Å². The Morgan fingerprint density at radius 2 is 1.97 bits per heavy atom. The van der Waals surface area contributed by atoms with Gasteiger partial charge in [-0.05, 0) is 55.2 Å². The van der Waals surface area contributed by atoms with Gasteiger partial charge in [-0.15, -0.1) is 11.3 Å². The second kappa shape index (κ2) is 8.11. The summed E-state index contributed by atoms with van der Waals surface area (Å²) < 4.78 is 7.93. The first-order valence-electron chi connectivity index (χ1n) is 10.6. The summed E-state index contributed by atoms with van der Waals surface area (Å²) in [5.74, 6) is 0.613. The number of hydrogen-bond acceptors (Lipinski definition) is 4. The van der Waals surface area contributed by atoms with E-state index in [4.69, 9.17) is 9.73 Å². The molecule has 1 aromatic heterocycles. The Bertz CT molecular complexity index is 1140. The largest absolute Gasteiger partial charge is 0.482 e. The van der Waals surface area contributed by atoms with E-state index in [0.29, 0.717) is 6.04 Å². The number of nitrogens with zero attached hydrogens (tertiary/aromatic N) is 2. The van der Waals surface area contributed by atoms with E-state index in [-0.39, 0.29) is 12.5 Å². The first kappa shape index (κ1) is 19.1. The quantitative estimate of drug-likeness (QED) is 0.611. The number of benzene rings is 2. The van der Waals surface area contributed by atoms with Crippen LogP contribution >= 0.6 is 11.3 Å². The predicted molar refractivity (Wildman–Crippen MR) is 120 cm³/mol. The molecule has 0 atom stereocenters. The van der Waals surface area contributed by atoms with Crippen LogP contribution in [-0.2, 0) is 11.2 Å². The van der Waals surface area contributed by atoms with Crippen molar-refractivity contribution in [1.82, 2.24) is 4.57 Å². The van der Waals surface area contributed by atoms with Crippen LogP contribution in [0.5, 0.6) is 5.75 Å². The van der Waals surface area contributed by atoms with Crippen molar-refractivity contribution in [1.29, 1.82) is 0 Å². The van der Waals surface area contributed by atoms with Gasteiger partial charge in [0.05, 0.1) is 17.1 Å². The number of nitrogens with one attached hydrogen (secondary N) is 1. The molecule has 1 saturated carbocycles. The second-order valence-electron chi connectivity index (χ2n) is 7.89. The number of hydrogen-bond donors (Lipinski definition) is 1. The van der Waals surface area contributed by atoms with Crippen molar-refractivity contribution in [3.63, 3.8) is 0 Å². The molecule has 5 rings (SSSR count). The molecule has 0 radical (unpaired) electrons. The maximum Gasteiger partial charge on any atom is 0.262 e. The van der Waals surface area contributed by atoms with Crippen LogP contribution in [0.2, 0.25) is 0 Å². The first-order valence-corrected chi connectivity index (χ1v) is 11.5. The van der Waals surface area contributed by atoms with E-state index in [2.05, 4.69) is 52.5 Å². The van der Waals surface area contributed by atoms with Gasteiger partial charge in [-0.3, -0.25) is 4.79 Å². The zero-order valence-corrected chi connectivity index (χ0v) is 17.9. The smallest absolute Gasteiger partial charge is 0.262 e. The lowest BCUT2D eigenvalue weighted by Gasteiger charge is -2.20. The molecule has 1 fully saturated rings. The summed E-state index contributed by atoms with van der Waals surface area (Å²) in [6.45, 7) is 2.24. The van der Waals surface area contributed by atoms with Crippen LogP contribution in [-0.4, -0.2) is 17.1 Å². The van der Waals surface area contributed by atoms with Crippen LogP contribution in [0.1, 0.15) is 44.2 Å². The van der Waals surface area contributed by atoms with Crippen molar-refractivity contribution < 1.29 is 9.53 Å². The number of anilines is 1. The predicted octanol–water partition coefficient (Wildman–Crippen LogP) is 5.46. The SMILES string of the molecule is CCc1ccc(N=c2scc(-c3ccc4c(c3)NC(=O)CO4)n2C2CCCC2)cc1. The second-order valence-corrected chi connectivity index (χ2v) is 8.73. The average Bonchev–Trinajstić information content (AvgIpc) is 3.43. The van der Waals surface area contributed by atoms with Crippen LogP contribution in [0.15, 0.2) is 52.8 Å². The van der Waals surface area contributed by atoms with Gasteiger partial charge >= 0.3 is 0 Å². The number of ether oxygens (including phenoxy) is 1. The Morgan fingerprint density at radius 1 is 1.17 bits per heavy atom. The van der Waals surface area contributed by atoms with E-state index >= 15 is 0 Å². The summed E-state index contributed by atoms with van der Waals surface area (Å²) in [5.41, 5.74) is 5.27. The Labute approximate surface area is 180 Å². The standard InChI is InChI=1S/C24H25N3O2S/c1-2-16-7-10-18(11-8-16)25-24-27(19-5-3-4-6-19)21(15-30-24)17-9-12-22-20(13-17)26-23(28)14-29-22/h7-13,15,19H,2-6,14H2,1H3,(H,26,28). The van der Waals surface area contributed by atoms with Crippen LogP contribution < -0.4 is 14.9 Å². The third-order valence-electron chi connectivity index (χ3n) is 5.91. The zero-order valence-electron chi connectivity index (χ0n) is 17.1. The number of carbonyl (C=O) groups is 1. The summed E-state index contributed by atoms with van der Waals surface area (Å²) >= 11 is 1.68. The summed E-state index contributed by atoms with van der Waals surface area (Å²) in [7, 11) is 0. The highest BCUT2D eigenvalue weighted by atomic mass is 32.1. The summed E-state index contributed by atoms with van der Waals surface area (Å²) in [5, 5.41) is 5.11. The lowest BCUT2D eigenvalue weighted by molar-refractivity contribution is -0.118. The van der Waals surface area contributed by atoms with E-state index in [1.807, 2.05) is 12.1 Å². The number of thiazole rings is 1. The molecule has 30 heavy (non-hydrogen) atoms. The van der Waals surface area contributed by atoms with Crippen molar-refractivity contribution in [3.8, 4) is 17.0 Å². The van der Waals surface area contributed by atoms with E-state index in [1.54, 1.807) is 11.3 Å². The number of aromatic nitrogens is 1. The number of aryl methyl sites for hydroxylation is 1. The molecule has 2 aromatic carbocycles. The minimum Gasteiger partial charge on any atom is -0.482 e. The molecule has 0 spiro atoms. The van der Waals surface area contributed by atoms with Crippen molar-refractivity contribution >= 4 is 28.6 Å². The summed E-state index contributed by atoms with van der Waals surface area (Å²) in [6.07, 6.45) is 5.90. The minimum atomic E-state index is -0.111. The minimum absolute atomic E-state index is 0.0761. The molecule has 0 saturated heterocycles. The molecule has 2 aliphatic rings. The lowest BCUT2D eigenvalue weighted by Crippen LogP contribution is -2.25. The molecule has 1 N–H and O–H groups in total. The van der Waals surface area contributed by atoms with E-state index < -0.39 is 0 Å². The Kier molecular flexibility index (Phi) is 5.17. The van der Waals surface area contributed by atoms with Crippen molar-refractivity contribution in [3.05, 3.63) is 58.2 Å². The van der Waals surface area contributed by atoms with Gasteiger partial charge in [0.25, 0.3) is 5.91 Å². The molecule has 1 aliphatic carbocycles. The van der Waals surface area contributed by atoms with Gasteiger partial charge in [-0.25, -0.2) is 4.99 Å². The highest BCUT2D eigenvalue weighted by Crippen LogP contribution is 2.37. The van der Waals surface area contributed by atoms with Gasteiger partial charge in [0.2, 0.25) is 0 Å². The molecular formula is C24H25N3O2S. The maximum absolute atomic E-state index is 11.7. The van der Waals surface area contributed by atoms with E-state index in [1.165, 1.54) is 31.2 Å². The molecule has 2 heterocycles. The highest BCUT2D eigenvalue weighted by Gasteiger charge is 2.23. The zero-order chi connectivity index (χ0) is 20.5. The van der Waals surface area contributed by atoms with Crippen LogP contribution in [0.3, 0.4) is 0 Å². The normalized spacial score (nSPS) is 17.0. The first-order chi connectivity index (χ1) is 14.7. The number of rotatable bonds is 4. The van der Waals surface area contributed by atoms with Gasteiger partial charge in [-0.2, -0.15) is 0 Å². The van der Waals surface area contributed by atoms with Crippen LogP contribution in [0.4, 0.5) is 11.4 Å². The number of carbonyl (C=O) groups excluding carboxylic acids is 1. The van der Waals surface area contributed by atoms with Gasteiger partial charge in [0.15, 0.2) is 11.4 Å². The summed E-state index contributed by atoms with van der Waals surface area (Å²) in [6, 6.07) is 15.0. The molecule has 0 bridgehead atoms. The molecule has 3 aromatic rings. The Balaban J connectivity index is 1.60. The Hall–Kier alpha value is -2.86. The third-order valence-corrected chi connectivity index (χ3v) is 6.75. The highest BCUT2D eigenvalue weighted by molar-refractivity contribution is 7.07. The van der Waals surface area contributed by atoms with E-state index in [0.717, 1.165) is 39.6 Å². The fourth-order valence-electron chi connectivity index (χ4n) is 4.29.